The van der Waals surface area contributed by atoms with Crippen molar-refractivity contribution in [2.75, 3.05) is 0 Å². The number of carbonyl (C=O) groups excluding carboxylic acids is 2. The quantitative estimate of drug-likeness (QED) is 0.349. The number of nitro benzene ring substituents is 1. The zero-order chi connectivity index (χ0) is 21.5. The molecule has 0 heterocycles. The Hall–Kier alpha value is -3.17. The first-order chi connectivity index (χ1) is 12.7. The minimum atomic E-state index is -0.818. The molecule has 1 aromatic carbocycles. The molecule has 28 heavy (non-hydrogen) atoms. The van der Waals surface area contributed by atoms with Crippen molar-refractivity contribution < 1.29 is 24.0 Å². The lowest BCUT2D eigenvalue weighted by Gasteiger charge is -2.22. The normalized spacial score (nSPS) is 11.2. The molecule has 0 fully saturated rings. The number of nitro groups is 1. The SMILES string of the molecule is CC(C)(C)OC(=O)NC(=NCc1cccc([N+](=O)[O-])c1)NC(=O)OC(C)(C)C. The van der Waals surface area contributed by atoms with Gasteiger partial charge in [-0.3, -0.25) is 20.7 Å². The molecule has 0 saturated carbocycles. The van der Waals surface area contributed by atoms with Crippen LogP contribution in [0, 0.1) is 10.1 Å². The van der Waals surface area contributed by atoms with Gasteiger partial charge in [-0.05, 0) is 47.1 Å². The van der Waals surface area contributed by atoms with E-state index in [1.165, 1.54) is 18.2 Å². The number of ether oxygens (including phenoxy) is 2. The number of hydrogen-bond donors (Lipinski definition) is 2. The molecule has 0 aromatic heterocycles. The Balaban J connectivity index is 2.96. The Morgan fingerprint density at radius 1 is 1.04 bits per heavy atom. The number of non-ortho nitro benzene ring substituents is 1. The molecule has 2 N–H and O–H groups in total. The molecule has 0 bridgehead atoms. The number of nitrogens with zero attached hydrogens (tertiary/aromatic N) is 2. The van der Waals surface area contributed by atoms with Crippen molar-refractivity contribution in [2.45, 2.75) is 59.3 Å². The number of alkyl carbamates (subject to hydrolysis) is 2. The van der Waals surface area contributed by atoms with Crippen LogP contribution in [0.25, 0.3) is 0 Å². The predicted molar refractivity (Wildman–Crippen MR) is 103 cm³/mol. The number of guanidine groups is 1. The van der Waals surface area contributed by atoms with Crippen molar-refractivity contribution in [2.24, 2.45) is 4.99 Å². The number of nitrogens with one attached hydrogen (secondary N) is 2. The summed E-state index contributed by atoms with van der Waals surface area (Å²) >= 11 is 0. The predicted octanol–water partition coefficient (Wildman–Crippen LogP) is 3.50. The standard InChI is InChI=1S/C18H26N4O6/c1-17(2,3)27-15(23)20-14(21-16(24)28-18(4,5)6)19-11-12-8-7-9-13(10-12)22(25)26/h7-10H,11H2,1-6H3,(H2,19,20,21,23,24). The second kappa shape index (κ2) is 9.16. The molecule has 2 amide bonds. The smallest absolute Gasteiger partial charge is 0.414 e. The van der Waals surface area contributed by atoms with Gasteiger partial charge in [0.05, 0.1) is 11.5 Å². The molecule has 1 aromatic rings. The van der Waals surface area contributed by atoms with E-state index >= 15 is 0 Å². The summed E-state index contributed by atoms with van der Waals surface area (Å²) < 4.78 is 10.3. The van der Waals surface area contributed by atoms with Crippen LogP contribution >= 0.6 is 0 Å². The molecule has 0 saturated heterocycles. The molecule has 0 radical (unpaired) electrons. The van der Waals surface area contributed by atoms with E-state index in [1.54, 1.807) is 47.6 Å². The lowest BCUT2D eigenvalue weighted by atomic mass is 10.2. The van der Waals surface area contributed by atoms with Crippen LogP contribution in [-0.2, 0) is 16.0 Å². The third-order valence-electron chi connectivity index (χ3n) is 2.78. The maximum Gasteiger partial charge on any atom is 0.414 e. The highest BCUT2D eigenvalue weighted by atomic mass is 16.6. The zero-order valence-electron chi connectivity index (χ0n) is 16.9. The topological polar surface area (TPSA) is 132 Å². The van der Waals surface area contributed by atoms with E-state index in [-0.39, 0.29) is 18.2 Å². The summed E-state index contributed by atoms with van der Waals surface area (Å²) in [7, 11) is 0. The molecule has 1 rings (SSSR count). The summed E-state index contributed by atoms with van der Waals surface area (Å²) in [5.74, 6) is -0.199. The molecule has 0 spiro atoms. The first-order valence-corrected chi connectivity index (χ1v) is 8.53. The maximum absolute atomic E-state index is 12.0. The largest absolute Gasteiger partial charge is 0.444 e. The molecular weight excluding hydrogens is 368 g/mol. The molecule has 0 unspecified atom stereocenters. The Bertz CT molecular complexity index is 730. The number of rotatable bonds is 3. The van der Waals surface area contributed by atoms with Gasteiger partial charge in [0.25, 0.3) is 5.69 Å². The summed E-state index contributed by atoms with van der Waals surface area (Å²) in [5.41, 5.74) is -1.07. The minimum absolute atomic E-state index is 0.0252. The Morgan fingerprint density at radius 2 is 1.54 bits per heavy atom. The van der Waals surface area contributed by atoms with Gasteiger partial charge in [-0.25, -0.2) is 14.6 Å². The highest BCUT2D eigenvalue weighted by Gasteiger charge is 2.21. The van der Waals surface area contributed by atoms with Crippen LogP contribution in [0.2, 0.25) is 0 Å². The molecule has 0 atom stereocenters. The number of aliphatic imine (C=N–C) groups is 1. The monoisotopic (exact) mass is 394 g/mol. The summed E-state index contributed by atoms with van der Waals surface area (Å²) in [6, 6.07) is 5.86. The Morgan fingerprint density at radius 3 is 1.96 bits per heavy atom. The number of amides is 2. The van der Waals surface area contributed by atoms with Crippen molar-refractivity contribution in [3.8, 4) is 0 Å². The van der Waals surface area contributed by atoms with Crippen molar-refractivity contribution in [1.82, 2.24) is 10.6 Å². The second-order valence-electron chi connectivity index (χ2n) is 7.85. The first-order valence-electron chi connectivity index (χ1n) is 8.53. The summed E-state index contributed by atoms with van der Waals surface area (Å²) in [6.45, 7) is 10.1. The van der Waals surface area contributed by atoms with E-state index in [2.05, 4.69) is 15.6 Å². The fourth-order valence-electron chi connectivity index (χ4n) is 1.85. The Kier molecular flexibility index (Phi) is 7.48. The summed E-state index contributed by atoms with van der Waals surface area (Å²) in [6.07, 6.45) is -1.64. The molecule has 10 nitrogen and oxygen atoms in total. The lowest BCUT2D eigenvalue weighted by Crippen LogP contribution is -2.47. The molecule has 0 aliphatic rings. The first kappa shape index (κ1) is 22.9. The average molecular weight is 394 g/mol. The van der Waals surface area contributed by atoms with E-state index < -0.39 is 28.3 Å². The van der Waals surface area contributed by atoms with Gasteiger partial charge in [0.15, 0.2) is 0 Å². The van der Waals surface area contributed by atoms with Gasteiger partial charge in [-0.1, -0.05) is 12.1 Å². The molecule has 154 valence electrons. The summed E-state index contributed by atoms with van der Waals surface area (Å²) in [5, 5.41) is 15.6. The third-order valence-corrected chi connectivity index (χ3v) is 2.78. The number of benzene rings is 1. The van der Waals surface area contributed by atoms with Gasteiger partial charge in [0.1, 0.15) is 11.2 Å². The van der Waals surface area contributed by atoms with Gasteiger partial charge >= 0.3 is 12.2 Å². The van der Waals surface area contributed by atoms with Crippen LogP contribution in [0.15, 0.2) is 29.3 Å². The lowest BCUT2D eigenvalue weighted by molar-refractivity contribution is -0.384. The van der Waals surface area contributed by atoms with Gasteiger partial charge < -0.3 is 9.47 Å². The molecule has 0 aliphatic carbocycles. The van der Waals surface area contributed by atoms with E-state index in [4.69, 9.17) is 9.47 Å². The fourth-order valence-corrected chi connectivity index (χ4v) is 1.85. The zero-order valence-corrected chi connectivity index (χ0v) is 16.9. The average Bonchev–Trinajstić information content (AvgIpc) is 2.49. The van der Waals surface area contributed by atoms with Crippen molar-refractivity contribution >= 4 is 23.8 Å². The van der Waals surface area contributed by atoms with Gasteiger partial charge in [-0.2, -0.15) is 0 Å². The van der Waals surface area contributed by atoms with E-state index in [0.29, 0.717) is 5.56 Å². The summed E-state index contributed by atoms with van der Waals surface area (Å²) in [4.78, 5) is 38.4. The third kappa shape index (κ3) is 9.51. The van der Waals surface area contributed by atoms with Crippen LogP contribution in [0.5, 0.6) is 0 Å². The van der Waals surface area contributed by atoms with Gasteiger partial charge in [-0.15, -0.1) is 0 Å². The molecule has 10 heteroatoms. The number of carbonyl (C=O) groups is 2. The van der Waals surface area contributed by atoms with E-state index in [1.807, 2.05) is 0 Å². The van der Waals surface area contributed by atoms with Crippen LogP contribution < -0.4 is 10.6 Å². The van der Waals surface area contributed by atoms with Crippen LogP contribution in [0.4, 0.5) is 15.3 Å². The second-order valence-corrected chi connectivity index (χ2v) is 7.85. The molecule has 0 aliphatic heterocycles. The Labute approximate surface area is 163 Å². The highest BCUT2D eigenvalue weighted by Crippen LogP contribution is 2.14. The van der Waals surface area contributed by atoms with Crippen LogP contribution in [0.1, 0.15) is 47.1 Å². The van der Waals surface area contributed by atoms with E-state index in [9.17, 15) is 19.7 Å². The van der Waals surface area contributed by atoms with Crippen molar-refractivity contribution in [3.05, 3.63) is 39.9 Å². The molecular formula is C18H26N4O6. The fraction of sp³-hybridized carbons (Fsp3) is 0.500. The van der Waals surface area contributed by atoms with Gasteiger partial charge in [0, 0.05) is 12.1 Å². The van der Waals surface area contributed by atoms with Crippen LogP contribution in [-0.4, -0.2) is 34.3 Å². The highest BCUT2D eigenvalue weighted by molar-refractivity contribution is 6.01. The van der Waals surface area contributed by atoms with Crippen LogP contribution in [0.3, 0.4) is 0 Å². The van der Waals surface area contributed by atoms with Gasteiger partial charge in [0.2, 0.25) is 5.96 Å². The van der Waals surface area contributed by atoms with Crippen molar-refractivity contribution in [3.63, 3.8) is 0 Å². The van der Waals surface area contributed by atoms with E-state index in [0.717, 1.165) is 0 Å². The maximum atomic E-state index is 12.0. The van der Waals surface area contributed by atoms with Crippen molar-refractivity contribution in [1.29, 1.82) is 0 Å². The number of hydrogen-bond acceptors (Lipinski definition) is 7. The minimum Gasteiger partial charge on any atom is -0.444 e.